The second kappa shape index (κ2) is 5.00. The van der Waals surface area contributed by atoms with Crippen LogP contribution in [0, 0.1) is 0 Å². The molecule has 0 aliphatic heterocycles. The van der Waals surface area contributed by atoms with Gasteiger partial charge in [0.2, 0.25) is 5.75 Å². The molecule has 5 nitrogen and oxygen atoms in total. The minimum absolute atomic E-state index is 0.567. The summed E-state index contributed by atoms with van der Waals surface area (Å²) in [6.07, 6.45) is 1.74. The molecule has 0 spiro atoms. The van der Waals surface area contributed by atoms with Crippen molar-refractivity contribution in [3.8, 4) is 17.2 Å². The highest BCUT2D eigenvalue weighted by Gasteiger charge is 2.18. The third-order valence-electron chi connectivity index (χ3n) is 2.79. The van der Waals surface area contributed by atoms with Crippen LogP contribution in [0.3, 0.4) is 0 Å². The van der Waals surface area contributed by atoms with E-state index in [4.69, 9.17) is 14.2 Å². The van der Waals surface area contributed by atoms with Gasteiger partial charge in [0.05, 0.1) is 26.7 Å². The summed E-state index contributed by atoms with van der Waals surface area (Å²) >= 11 is 0. The summed E-state index contributed by atoms with van der Waals surface area (Å²) in [5.41, 5.74) is 0. The van der Waals surface area contributed by atoms with Crippen LogP contribution in [-0.4, -0.2) is 33.4 Å². The number of fused-ring (bicyclic) bond motifs is 1. The van der Waals surface area contributed by atoms with Gasteiger partial charge < -0.3 is 19.5 Å². The first kappa shape index (κ1) is 12.3. The van der Waals surface area contributed by atoms with Gasteiger partial charge in [-0.25, -0.2) is 4.98 Å². The number of ether oxygens (including phenoxy) is 3. The number of nitrogens with zero attached hydrogens (tertiary/aromatic N) is 1. The molecule has 0 bridgehead atoms. The minimum atomic E-state index is 0.567. The van der Waals surface area contributed by atoms with Gasteiger partial charge in [-0.15, -0.1) is 0 Å². The van der Waals surface area contributed by atoms with Gasteiger partial charge in [-0.1, -0.05) is 0 Å². The van der Waals surface area contributed by atoms with Crippen LogP contribution in [0.25, 0.3) is 10.8 Å². The molecule has 0 saturated heterocycles. The standard InChI is InChI=1S/C13H16N2O3/c1-14-13-10-8(5-6-15-13)7-9(16-2)11(17-3)12(10)18-4/h5-7H,1-4H3,(H,14,15). The Kier molecular flexibility index (Phi) is 3.41. The predicted molar refractivity (Wildman–Crippen MR) is 70.9 cm³/mol. The lowest BCUT2D eigenvalue weighted by atomic mass is 10.1. The van der Waals surface area contributed by atoms with E-state index in [2.05, 4.69) is 10.3 Å². The lowest BCUT2D eigenvalue weighted by Crippen LogP contribution is -1.99. The van der Waals surface area contributed by atoms with Crippen LogP contribution in [0.1, 0.15) is 0 Å². The summed E-state index contributed by atoms with van der Waals surface area (Å²) in [5, 5.41) is 4.90. The van der Waals surface area contributed by atoms with Crippen molar-refractivity contribution in [1.82, 2.24) is 4.98 Å². The molecule has 0 aliphatic rings. The molecule has 96 valence electrons. The lowest BCUT2D eigenvalue weighted by Gasteiger charge is -2.16. The monoisotopic (exact) mass is 248 g/mol. The Hall–Kier alpha value is -2.17. The Morgan fingerprint density at radius 3 is 2.33 bits per heavy atom. The number of benzene rings is 1. The fourth-order valence-corrected chi connectivity index (χ4v) is 2.00. The van der Waals surface area contributed by atoms with Gasteiger partial charge in [-0.05, 0) is 17.5 Å². The van der Waals surface area contributed by atoms with Gasteiger partial charge in [0.1, 0.15) is 5.82 Å². The summed E-state index contributed by atoms with van der Waals surface area (Å²) < 4.78 is 16.1. The molecule has 1 aromatic heterocycles. The number of anilines is 1. The Morgan fingerprint density at radius 1 is 1.06 bits per heavy atom. The molecule has 18 heavy (non-hydrogen) atoms. The fourth-order valence-electron chi connectivity index (χ4n) is 2.00. The van der Waals surface area contributed by atoms with Crippen LogP contribution in [0.4, 0.5) is 5.82 Å². The first-order valence-corrected chi connectivity index (χ1v) is 5.52. The molecule has 1 aromatic carbocycles. The number of pyridine rings is 1. The quantitative estimate of drug-likeness (QED) is 0.899. The highest BCUT2D eigenvalue weighted by atomic mass is 16.5. The Labute approximate surface area is 106 Å². The maximum atomic E-state index is 5.45. The van der Waals surface area contributed by atoms with E-state index in [1.54, 1.807) is 27.5 Å². The first-order chi connectivity index (χ1) is 8.76. The van der Waals surface area contributed by atoms with E-state index in [-0.39, 0.29) is 0 Å². The van der Waals surface area contributed by atoms with E-state index < -0.39 is 0 Å². The molecule has 0 unspecified atom stereocenters. The highest BCUT2D eigenvalue weighted by Crippen LogP contribution is 2.45. The summed E-state index contributed by atoms with van der Waals surface area (Å²) in [5.74, 6) is 2.56. The third kappa shape index (κ3) is 1.77. The van der Waals surface area contributed by atoms with E-state index in [1.807, 2.05) is 19.2 Å². The molecule has 0 amide bonds. The van der Waals surface area contributed by atoms with Crippen LogP contribution in [0.15, 0.2) is 18.3 Å². The molecular formula is C13H16N2O3. The van der Waals surface area contributed by atoms with Gasteiger partial charge in [0.25, 0.3) is 0 Å². The summed E-state index contributed by atoms with van der Waals surface area (Å²) in [6.45, 7) is 0. The second-order valence-electron chi connectivity index (χ2n) is 3.65. The fraction of sp³-hybridized carbons (Fsp3) is 0.308. The number of hydrogen-bond donors (Lipinski definition) is 1. The van der Waals surface area contributed by atoms with Crippen LogP contribution < -0.4 is 19.5 Å². The van der Waals surface area contributed by atoms with E-state index in [0.717, 1.165) is 16.6 Å². The SMILES string of the molecule is CNc1nccc2cc(OC)c(OC)c(OC)c12. The summed E-state index contributed by atoms with van der Waals surface area (Å²) in [6, 6.07) is 3.81. The Morgan fingerprint density at radius 2 is 1.78 bits per heavy atom. The maximum Gasteiger partial charge on any atom is 0.204 e. The van der Waals surface area contributed by atoms with Gasteiger partial charge in [0, 0.05) is 13.2 Å². The molecule has 2 aromatic rings. The molecule has 0 atom stereocenters. The largest absolute Gasteiger partial charge is 0.493 e. The zero-order chi connectivity index (χ0) is 13.1. The smallest absolute Gasteiger partial charge is 0.204 e. The number of hydrogen-bond acceptors (Lipinski definition) is 5. The van der Waals surface area contributed by atoms with Crippen molar-refractivity contribution in [2.75, 3.05) is 33.7 Å². The van der Waals surface area contributed by atoms with E-state index >= 15 is 0 Å². The number of rotatable bonds is 4. The normalized spacial score (nSPS) is 10.2. The number of nitrogens with one attached hydrogen (secondary N) is 1. The van der Waals surface area contributed by atoms with Crippen LogP contribution in [-0.2, 0) is 0 Å². The molecule has 0 aliphatic carbocycles. The summed E-state index contributed by atoms with van der Waals surface area (Å²) in [7, 11) is 6.60. The molecule has 1 N–H and O–H groups in total. The number of aromatic nitrogens is 1. The minimum Gasteiger partial charge on any atom is -0.493 e. The average Bonchev–Trinajstić information content (AvgIpc) is 2.43. The molecule has 5 heteroatoms. The van der Waals surface area contributed by atoms with Crippen LogP contribution in [0.2, 0.25) is 0 Å². The van der Waals surface area contributed by atoms with Crippen molar-refractivity contribution in [2.45, 2.75) is 0 Å². The second-order valence-corrected chi connectivity index (χ2v) is 3.65. The Balaban J connectivity index is 2.88. The lowest BCUT2D eigenvalue weighted by molar-refractivity contribution is 0.327. The van der Waals surface area contributed by atoms with Crippen molar-refractivity contribution in [3.63, 3.8) is 0 Å². The van der Waals surface area contributed by atoms with Gasteiger partial charge in [0.15, 0.2) is 11.5 Å². The van der Waals surface area contributed by atoms with E-state index in [1.165, 1.54) is 0 Å². The van der Waals surface area contributed by atoms with E-state index in [0.29, 0.717) is 17.2 Å². The van der Waals surface area contributed by atoms with Crippen molar-refractivity contribution in [1.29, 1.82) is 0 Å². The van der Waals surface area contributed by atoms with Crippen molar-refractivity contribution < 1.29 is 14.2 Å². The average molecular weight is 248 g/mol. The van der Waals surface area contributed by atoms with Crippen LogP contribution in [0.5, 0.6) is 17.2 Å². The molecule has 1 heterocycles. The van der Waals surface area contributed by atoms with Crippen molar-refractivity contribution in [3.05, 3.63) is 18.3 Å². The van der Waals surface area contributed by atoms with Gasteiger partial charge >= 0.3 is 0 Å². The zero-order valence-electron chi connectivity index (χ0n) is 10.9. The van der Waals surface area contributed by atoms with Crippen molar-refractivity contribution in [2.24, 2.45) is 0 Å². The van der Waals surface area contributed by atoms with Crippen LogP contribution >= 0.6 is 0 Å². The van der Waals surface area contributed by atoms with E-state index in [9.17, 15) is 0 Å². The molecule has 0 radical (unpaired) electrons. The summed E-state index contributed by atoms with van der Waals surface area (Å²) in [4.78, 5) is 4.28. The topological polar surface area (TPSA) is 52.6 Å². The molecule has 0 fully saturated rings. The highest BCUT2D eigenvalue weighted by molar-refractivity contribution is 6.00. The van der Waals surface area contributed by atoms with Gasteiger partial charge in [-0.3, -0.25) is 0 Å². The van der Waals surface area contributed by atoms with Crippen molar-refractivity contribution >= 4 is 16.6 Å². The first-order valence-electron chi connectivity index (χ1n) is 5.52. The predicted octanol–water partition coefficient (Wildman–Crippen LogP) is 2.30. The molecule has 2 rings (SSSR count). The molecular weight excluding hydrogens is 232 g/mol. The molecule has 0 saturated carbocycles. The zero-order valence-corrected chi connectivity index (χ0v) is 10.9. The van der Waals surface area contributed by atoms with Gasteiger partial charge in [-0.2, -0.15) is 0 Å². The maximum absolute atomic E-state index is 5.45. The number of methoxy groups -OCH3 is 3. The Bertz CT molecular complexity index is 570. The third-order valence-corrected chi connectivity index (χ3v) is 2.79.